The highest BCUT2D eigenvalue weighted by atomic mass is 16.5. The fourth-order valence-electron chi connectivity index (χ4n) is 1.42. The minimum absolute atomic E-state index is 0.0550. The van der Waals surface area contributed by atoms with Crippen LogP contribution in [0.4, 0.5) is 0 Å². The van der Waals surface area contributed by atoms with Crippen LogP contribution in [0.3, 0.4) is 0 Å². The van der Waals surface area contributed by atoms with Crippen LogP contribution in [-0.2, 0) is 9.53 Å². The van der Waals surface area contributed by atoms with E-state index in [1.165, 1.54) is 0 Å². The van der Waals surface area contributed by atoms with E-state index in [9.17, 15) is 4.79 Å². The summed E-state index contributed by atoms with van der Waals surface area (Å²) in [6.45, 7) is 6.62. The van der Waals surface area contributed by atoms with Crippen LogP contribution in [-0.4, -0.2) is 50.2 Å². The second kappa shape index (κ2) is 10.1. The van der Waals surface area contributed by atoms with Gasteiger partial charge in [0.15, 0.2) is 0 Å². The van der Waals surface area contributed by atoms with Crippen LogP contribution in [0.1, 0.15) is 26.7 Å². The SMILES string of the molecule is COCCN(CCC#N)CCC(=O)NC(C)C. The van der Waals surface area contributed by atoms with Gasteiger partial charge in [0.2, 0.25) is 5.91 Å². The molecule has 0 aromatic carbocycles. The average Bonchev–Trinajstić information content (AvgIpc) is 2.27. The maximum Gasteiger partial charge on any atom is 0.221 e. The molecule has 98 valence electrons. The number of nitrogens with zero attached hydrogens (tertiary/aromatic N) is 2. The Morgan fingerprint density at radius 1 is 1.41 bits per heavy atom. The maximum absolute atomic E-state index is 11.5. The van der Waals surface area contributed by atoms with Gasteiger partial charge in [0, 0.05) is 45.6 Å². The number of ether oxygens (including phenoxy) is 1. The number of hydrogen-bond acceptors (Lipinski definition) is 4. The summed E-state index contributed by atoms with van der Waals surface area (Å²) in [6.07, 6.45) is 0.947. The Morgan fingerprint density at radius 2 is 2.12 bits per heavy atom. The van der Waals surface area contributed by atoms with Crippen LogP contribution in [0.15, 0.2) is 0 Å². The third-order valence-electron chi connectivity index (χ3n) is 2.26. The Labute approximate surface area is 104 Å². The quantitative estimate of drug-likeness (QED) is 0.647. The normalized spacial score (nSPS) is 10.6. The van der Waals surface area contributed by atoms with Gasteiger partial charge in [-0.1, -0.05) is 0 Å². The number of hydrogen-bond donors (Lipinski definition) is 1. The van der Waals surface area contributed by atoms with Gasteiger partial charge in [-0.25, -0.2) is 0 Å². The van der Waals surface area contributed by atoms with Crippen molar-refractivity contribution >= 4 is 5.91 Å². The molecule has 0 radical (unpaired) electrons. The van der Waals surface area contributed by atoms with Gasteiger partial charge in [-0.2, -0.15) is 5.26 Å². The largest absolute Gasteiger partial charge is 0.383 e. The van der Waals surface area contributed by atoms with Crippen LogP contribution >= 0.6 is 0 Å². The zero-order chi connectivity index (χ0) is 13.1. The van der Waals surface area contributed by atoms with Crippen molar-refractivity contribution in [3.05, 3.63) is 0 Å². The lowest BCUT2D eigenvalue weighted by molar-refractivity contribution is -0.121. The van der Waals surface area contributed by atoms with Gasteiger partial charge in [-0.15, -0.1) is 0 Å². The van der Waals surface area contributed by atoms with Crippen LogP contribution in [0, 0.1) is 11.3 Å². The number of rotatable bonds is 9. The van der Waals surface area contributed by atoms with Crippen molar-refractivity contribution in [1.82, 2.24) is 10.2 Å². The van der Waals surface area contributed by atoms with Crippen molar-refractivity contribution in [3.63, 3.8) is 0 Å². The molecule has 0 aliphatic heterocycles. The lowest BCUT2D eigenvalue weighted by atomic mass is 10.3. The monoisotopic (exact) mass is 241 g/mol. The Bertz CT molecular complexity index is 249. The molecular weight excluding hydrogens is 218 g/mol. The molecule has 0 unspecified atom stereocenters. The van der Waals surface area contributed by atoms with E-state index < -0.39 is 0 Å². The third-order valence-corrected chi connectivity index (χ3v) is 2.26. The van der Waals surface area contributed by atoms with E-state index in [-0.39, 0.29) is 11.9 Å². The molecule has 5 heteroatoms. The highest BCUT2D eigenvalue weighted by Gasteiger charge is 2.08. The summed E-state index contributed by atoms with van der Waals surface area (Å²) in [4.78, 5) is 13.5. The summed E-state index contributed by atoms with van der Waals surface area (Å²) in [5.41, 5.74) is 0. The molecule has 0 fully saturated rings. The number of methoxy groups -OCH3 is 1. The zero-order valence-electron chi connectivity index (χ0n) is 11.0. The lowest BCUT2D eigenvalue weighted by Gasteiger charge is -2.20. The van der Waals surface area contributed by atoms with E-state index in [2.05, 4.69) is 16.3 Å². The minimum atomic E-state index is 0.0550. The summed E-state index contributed by atoms with van der Waals surface area (Å²) in [5, 5.41) is 11.4. The molecule has 0 spiro atoms. The molecule has 5 nitrogen and oxygen atoms in total. The van der Waals surface area contributed by atoms with Gasteiger partial charge in [0.25, 0.3) is 0 Å². The van der Waals surface area contributed by atoms with Gasteiger partial charge in [0.05, 0.1) is 12.7 Å². The lowest BCUT2D eigenvalue weighted by Crippen LogP contribution is -2.35. The predicted octanol–water partition coefficient (Wildman–Crippen LogP) is 0.763. The number of carbonyl (C=O) groups excluding carboxylic acids is 1. The molecule has 0 saturated carbocycles. The first kappa shape index (κ1) is 15.9. The fourth-order valence-corrected chi connectivity index (χ4v) is 1.42. The first-order valence-corrected chi connectivity index (χ1v) is 5.97. The molecule has 1 N–H and O–H groups in total. The maximum atomic E-state index is 11.5. The molecule has 0 saturated heterocycles. The number of amides is 1. The van der Waals surface area contributed by atoms with Crippen molar-refractivity contribution in [2.45, 2.75) is 32.7 Å². The molecule has 0 aromatic rings. The van der Waals surface area contributed by atoms with Gasteiger partial charge in [-0.05, 0) is 13.8 Å². The number of nitriles is 1. The molecular formula is C12H23N3O2. The molecule has 0 aliphatic carbocycles. The van der Waals surface area contributed by atoms with Gasteiger partial charge in [-0.3, -0.25) is 9.69 Å². The van der Waals surface area contributed by atoms with E-state index in [0.717, 1.165) is 6.54 Å². The van der Waals surface area contributed by atoms with Gasteiger partial charge < -0.3 is 10.1 Å². The molecule has 1 amide bonds. The molecule has 0 aromatic heterocycles. The van der Waals surface area contributed by atoms with Gasteiger partial charge in [0.1, 0.15) is 0 Å². The summed E-state index contributed by atoms with van der Waals surface area (Å²) in [7, 11) is 1.65. The number of nitrogens with one attached hydrogen (secondary N) is 1. The standard InChI is InChI=1S/C12H23N3O2/c1-11(2)14-12(16)5-8-15(7-4-6-13)9-10-17-3/h11H,4-5,7-10H2,1-3H3,(H,14,16). The Kier molecular flexibility index (Phi) is 9.40. The second-order valence-electron chi connectivity index (χ2n) is 4.21. The van der Waals surface area contributed by atoms with E-state index in [1.807, 2.05) is 13.8 Å². The van der Waals surface area contributed by atoms with Gasteiger partial charge >= 0.3 is 0 Å². The fraction of sp³-hybridized carbons (Fsp3) is 0.833. The highest BCUT2D eigenvalue weighted by molar-refractivity contribution is 5.76. The summed E-state index contributed by atoms with van der Waals surface area (Å²) >= 11 is 0. The molecule has 0 aliphatic rings. The van der Waals surface area contributed by atoms with Crippen LogP contribution in [0.5, 0.6) is 0 Å². The minimum Gasteiger partial charge on any atom is -0.383 e. The molecule has 0 heterocycles. The van der Waals surface area contributed by atoms with E-state index in [4.69, 9.17) is 10.00 Å². The summed E-state index contributed by atoms with van der Waals surface area (Å²) in [6, 6.07) is 2.29. The van der Waals surface area contributed by atoms with Crippen molar-refractivity contribution in [1.29, 1.82) is 5.26 Å². The van der Waals surface area contributed by atoms with Crippen LogP contribution in [0.2, 0.25) is 0 Å². The summed E-state index contributed by atoms with van der Waals surface area (Å²) < 4.78 is 5.00. The summed E-state index contributed by atoms with van der Waals surface area (Å²) in [5.74, 6) is 0.0550. The molecule has 17 heavy (non-hydrogen) atoms. The van der Waals surface area contributed by atoms with E-state index in [0.29, 0.717) is 32.5 Å². The number of carbonyl (C=O) groups is 1. The smallest absolute Gasteiger partial charge is 0.221 e. The van der Waals surface area contributed by atoms with E-state index in [1.54, 1.807) is 7.11 Å². The molecule has 0 atom stereocenters. The highest BCUT2D eigenvalue weighted by Crippen LogP contribution is 1.95. The first-order valence-electron chi connectivity index (χ1n) is 5.97. The predicted molar refractivity (Wildman–Crippen MR) is 66.4 cm³/mol. The molecule has 0 rings (SSSR count). The Morgan fingerprint density at radius 3 is 2.65 bits per heavy atom. The average molecular weight is 241 g/mol. The second-order valence-corrected chi connectivity index (χ2v) is 4.21. The Balaban J connectivity index is 3.88. The van der Waals surface area contributed by atoms with Crippen molar-refractivity contribution in [3.8, 4) is 6.07 Å². The van der Waals surface area contributed by atoms with Crippen molar-refractivity contribution in [2.24, 2.45) is 0 Å². The van der Waals surface area contributed by atoms with Crippen molar-refractivity contribution < 1.29 is 9.53 Å². The zero-order valence-corrected chi connectivity index (χ0v) is 11.0. The van der Waals surface area contributed by atoms with Crippen molar-refractivity contribution in [2.75, 3.05) is 33.4 Å². The first-order chi connectivity index (χ1) is 8.10. The Hall–Kier alpha value is -1.12. The topological polar surface area (TPSA) is 65.4 Å². The third kappa shape index (κ3) is 9.79. The molecule has 0 bridgehead atoms. The van der Waals surface area contributed by atoms with Crippen LogP contribution in [0.25, 0.3) is 0 Å². The van der Waals surface area contributed by atoms with Crippen LogP contribution < -0.4 is 5.32 Å². The van der Waals surface area contributed by atoms with E-state index >= 15 is 0 Å².